The van der Waals surface area contributed by atoms with Crippen molar-refractivity contribution in [2.75, 3.05) is 72.0 Å². The number of likely N-dealkylation sites (tertiary alicyclic amines) is 5. The van der Waals surface area contributed by atoms with E-state index >= 15 is 0 Å². The van der Waals surface area contributed by atoms with Crippen LogP contribution in [0, 0.1) is 22.6 Å². The zero-order valence-corrected chi connectivity index (χ0v) is 57.4. The summed E-state index contributed by atoms with van der Waals surface area (Å²) in [6, 6.07) is 23.4. The van der Waals surface area contributed by atoms with Crippen molar-refractivity contribution in [2.45, 2.75) is 251 Å². The number of hydrogen-bond donors (Lipinski definition) is 3. The van der Waals surface area contributed by atoms with Crippen molar-refractivity contribution >= 4 is 29.5 Å². The molecule has 3 aromatic rings. The Bertz CT molecular complexity index is 2940. The molecule has 8 aliphatic rings. The average molecular weight is 1250 g/mol. The maximum atomic E-state index is 14.4. The van der Waals surface area contributed by atoms with Crippen LogP contribution in [0.2, 0.25) is 0 Å². The van der Waals surface area contributed by atoms with Crippen molar-refractivity contribution in [2.24, 2.45) is 16.7 Å². The highest BCUT2D eigenvalue weighted by Gasteiger charge is 2.47. The fourth-order valence-corrected chi connectivity index (χ4v) is 17.2. The van der Waals surface area contributed by atoms with Crippen LogP contribution in [0.3, 0.4) is 0 Å². The zero-order valence-electron chi connectivity index (χ0n) is 57.4. The minimum Gasteiger partial charge on any atom is -0.350 e. The number of nitrogens with zero attached hydrogens (tertiary/aromatic N) is 5. The molecule has 3 N–H and O–H groups in total. The molecule has 5 amide bonds. The lowest BCUT2D eigenvalue weighted by atomic mass is 9.63. The van der Waals surface area contributed by atoms with Gasteiger partial charge in [0.2, 0.25) is 29.5 Å². The Balaban J connectivity index is 0.000000221. The monoisotopic (exact) mass is 1240 g/mol. The standard InChI is InChI=1S/C28H42FN3O2.C27H41N3O2.C21H32N2O.3H2/c1-20(33)32-14-5-6-21(19-32)26(34)30-25-9-10-28(24-18-22(29)7-8-23(24)25)12-16-31(17-13-28)15-11-27(2,3)4;1-20(31)30-16-7-10-24(30)25(32)28-23-11-12-27(22-9-6-5-8-21(22)23)14-18-29(19-15-27)17-13-26(2,3)4;1-4-17(5-2)23-14-12-21(13-15-23)11-10-20(22-16(3)24)18-8-6-7-9-19(18)21;;;/h7-8,18,21,25H,5-6,9-17,19H2,1-4H3,(H,30,34);5-6,8-9,23-24H,7,10-19H2,1-4H3,(H,28,32);6-9,17,20H,4-5,10-15H2,1-3H3,(H,22,24);3*1H/t21?,25-;23-,24?;20-;;;/m000.../s1. The molecule has 2 unspecified atom stereocenters. The summed E-state index contributed by atoms with van der Waals surface area (Å²) >= 11 is 0. The highest BCUT2D eigenvalue weighted by Crippen LogP contribution is 2.51. The minimum absolute atomic E-state index is 0. The third kappa shape index (κ3) is 16.8. The lowest BCUT2D eigenvalue weighted by Gasteiger charge is -2.48. The molecule has 90 heavy (non-hydrogen) atoms. The maximum absolute atomic E-state index is 14.4. The predicted molar refractivity (Wildman–Crippen MR) is 367 cm³/mol. The molecule has 502 valence electrons. The van der Waals surface area contributed by atoms with Crippen LogP contribution in [0.1, 0.15) is 260 Å². The largest absolute Gasteiger partial charge is 0.350 e. The molecule has 3 aromatic carbocycles. The van der Waals surface area contributed by atoms with Gasteiger partial charge in [-0.25, -0.2) is 4.39 Å². The summed E-state index contributed by atoms with van der Waals surface area (Å²) < 4.78 is 14.4. The van der Waals surface area contributed by atoms with E-state index in [0.29, 0.717) is 29.3 Å². The van der Waals surface area contributed by atoms with E-state index in [1.54, 1.807) is 36.6 Å². The predicted octanol–water partition coefficient (Wildman–Crippen LogP) is 14.1. The Morgan fingerprint density at radius 1 is 0.533 bits per heavy atom. The highest BCUT2D eigenvalue weighted by atomic mass is 19.1. The van der Waals surface area contributed by atoms with Crippen LogP contribution >= 0.6 is 0 Å². The molecule has 5 atom stereocenters. The van der Waals surface area contributed by atoms with Gasteiger partial charge in [0.05, 0.1) is 24.0 Å². The van der Waals surface area contributed by atoms with Gasteiger partial charge in [0.15, 0.2) is 0 Å². The minimum atomic E-state index is -0.304. The zero-order chi connectivity index (χ0) is 64.6. The Hall–Kier alpha value is -5.18. The number of nitrogens with one attached hydrogen (secondary N) is 3. The molecule has 0 aromatic heterocycles. The van der Waals surface area contributed by atoms with Crippen LogP contribution < -0.4 is 16.0 Å². The van der Waals surface area contributed by atoms with Crippen LogP contribution in [0.25, 0.3) is 0 Å². The van der Waals surface area contributed by atoms with E-state index in [9.17, 15) is 28.4 Å². The first-order chi connectivity index (χ1) is 42.8. The molecule has 5 aliphatic heterocycles. The van der Waals surface area contributed by atoms with Gasteiger partial charge in [-0.2, -0.15) is 0 Å². The number of hydrogen-bond acceptors (Lipinski definition) is 8. The van der Waals surface area contributed by atoms with Crippen molar-refractivity contribution in [3.05, 3.63) is 106 Å². The Kier molecular flexibility index (Phi) is 22.9. The Morgan fingerprint density at radius 2 is 0.989 bits per heavy atom. The summed E-state index contributed by atoms with van der Waals surface area (Å²) in [5.41, 5.74) is 9.09. The summed E-state index contributed by atoms with van der Waals surface area (Å²) in [4.78, 5) is 72.9. The summed E-state index contributed by atoms with van der Waals surface area (Å²) in [5.74, 6) is -0.192. The topological polar surface area (TPSA) is 138 Å². The molecule has 5 saturated heterocycles. The third-order valence-corrected chi connectivity index (χ3v) is 22.9. The quantitative estimate of drug-likeness (QED) is 0.163. The second-order valence-corrected chi connectivity index (χ2v) is 31.2. The van der Waals surface area contributed by atoms with Crippen molar-refractivity contribution < 1.29 is 32.6 Å². The van der Waals surface area contributed by atoms with E-state index in [4.69, 9.17) is 0 Å². The smallest absolute Gasteiger partial charge is 0.243 e. The molecule has 0 bridgehead atoms. The number of carbonyl (C=O) groups is 5. The van der Waals surface area contributed by atoms with Gasteiger partial charge in [0, 0.05) is 50.7 Å². The van der Waals surface area contributed by atoms with Gasteiger partial charge in [-0.15, -0.1) is 0 Å². The van der Waals surface area contributed by atoms with Crippen LogP contribution in [-0.4, -0.2) is 138 Å². The van der Waals surface area contributed by atoms with Gasteiger partial charge < -0.3 is 40.4 Å². The molecule has 3 spiro atoms. The van der Waals surface area contributed by atoms with E-state index in [1.165, 1.54) is 106 Å². The van der Waals surface area contributed by atoms with E-state index < -0.39 is 0 Å². The number of benzene rings is 3. The number of amides is 5. The molecule has 0 saturated carbocycles. The molecular weight excluding hydrogens is 1120 g/mol. The summed E-state index contributed by atoms with van der Waals surface area (Å²) in [6.07, 6.45) is 21.5. The fourth-order valence-electron chi connectivity index (χ4n) is 17.2. The number of halogens is 1. The van der Waals surface area contributed by atoms with Gasteiger partial charge >= 0.3 is 0 Å². The van der Waals surface area contributed by atoms with Crippen molar-refractivity contribution in [3.63, 3.8) is 0 Å². The lowest BCUT2D eigenvalue weighted by Crippen LogP contribution is -2.49. The summed E-state index contributed by atoms with van der Waals surface area (Å²) in [5, 5.41) is 9.76. The molecule has 5 fully saturated rings. The molecule has 11 rings (SSSR count). The van der Waals surface area contributed by atoms with E-state index in [2.05, 4.69) is 135 Å². The fraction of sp³-hybridized carbons (Fsp3) is 0.697. The number of rotatable bonds is 12. The molecule has 14 heteroatoms. The molecule has 5 heterocycles. The van der Waals surface area contributed by atoms with Gasteiger partial charge in [0.25, 0.3) is 0 Å². The summed E-state index contributed by atoms with van der Waals surface area (Å²) in [7, 11) is 0. The number of fused-ring (bicyclic) bond motifs is 6. The number of piperidine rings is 4. The van der Waals surface area contributed by atoms with E-state index in [-0.39, 0.29) is 80.5 Å². The maximum Gasteiger partial charge on any atom is 0.243 e. The van der Waals surface area contributed by atoms with Crippen LogP contribution in [0.4, 0.5) is 4.39 Å². The number of carbonyl (C=O) groups excluding carboxylic acids is 5. The molecular formula is C76H121FN8O5. The van der Waals surface area contributed by atoms with Crippen LogP contribution in [-0.2, 0) is 40.2 Å². The summed E-state index contributed by atoms with van der Waals surface area (Å²) in [6.45, 7) is 34.3. The van der Waals surface area contributed by atoms with Crippen molar-refractivity contribution in [1.82, 2.24) is 40.4 Å². The molecule has 3 aliphatic carbocycles. The Labute approximate surface area is 546 Å². The average Bonchev–Trinajstić information content (AvgIpc) is 1.15. The second kappa shape index (κ2) is 29.8. The SMILES string of the molecule is CC(=O)N1CCCC(C(=O)N[C@H]2CCC3(CCN(CCC(C)(C)C)CC3)c3cc(F)ccc32)C1.CC(=O)N1CCCC1C(=O)N[C@H]1CCC2(CCN(CCC(C)(C)C)CC2)c2ccccc21.CCC(CC)N1CCC2(CC[C@H](NC(C)=O)c3ccccc32)CC1.[HH].[HH].[HH]. The molecule has 13 nitrogen and oxygen atoms in total. The van der Waals surface area contributed by atoms with Crippen molar-refractivity contribution in [1.29, 1.82) is 0 Å². The van der Waals surface area contributed by atoms with E-state index in [0.717, 1.165) is 127 Å². The first-order valence-electron chi connectivity index (χ1n) is 35.4. The van der Waals surface area contributed by atoms with Crippen LogP contribution in [0.5, 0.6) is 0 Å². The van der Waals surface area contributed by atoms with E-state index in [1.807, 2.05) is 6.07 Å². The van der Waals surface area contributed by atoms with Crippen molar-refractivity contribution in [3.8, 4) is 0 Å². The Morgan fingerprint density at radius 3 is 1.47 bits per heavy atom. The first-order valence-corrected chi connectivity index (χ1v) is 35.4. The second-order valence-electron chi connectivity index (χ2n) is 31.2. The molecule has 0 radical (unpaired) electrons. The highest BCUT2D eigenvalue weighted by molar-refractivity contribution is 5.88. The third-order valence-electron chi connectivity index (χ3n) is 22.9. The van der Waals surface area contributed by atoms with Gasteiger partial charge in [-0.3, -0.25) is 24.0 Å². The first kappa shape index (κ1) is 69.2. The lowest BCUT2D eigenvalue weighted by molar-refractivity contribution is -0.137. The van der Waals surface area contributed by atoms with Crippen LogP contribution in [0.15, 0.2) is 66.7 Å². The van der Waals surface area contributed by atoms with Gasteiger partial charge in [-0.05, 0) is 253 Å². The van der Waals surface area contributed by atoms with Gasteiger partial charge in [-0.1, -0.05) is 110 Å². The van der Waals surface area contributed by atoms with Gasteiger partial charge in [0.1, 0.15) is 11.9 Å². The normalized spacial score (nSPS) is 24.8.